The van der Waals surface area contributed by atoms with Crippen LogP contribution < -0.4 is 10.2 Å². The lowest BCUT2D eigenvalue weighted by Crippen LogP contribution is -2.28. The number of benzene rings is 2. The fourth-order valence-electron chi connectivity index (χ4n) is 3.18. The molecule has 1 atom stereocenters. The van der Waals surface area contributed by atoms with Gasteiger partial charge < -0.3 is 15.0 Å². The average Bonchev–Trinajstić information content (AvgIpc) is 3.05. The molecule has 6 nitrogen and oxygen atoms in total. The normalized spacial score (nSPS) is 16.2. The van der Waals surface area contributed by atoms with Crippen molar-refractivity contribution in [2.24, 2.45) is 5.92 Å². The van der Waals surface area contributed by atoms with Crippen molar-refractivity contribution >= 4 is 40.8 Å². The summed E-state index contributed by atoms with van der Waals surface area (Å²) >= 11 is 5.87. The standard InChI is InChI=1S/C21H21ClN2O4/c1-13-4-3-5-14(2)20(13)23-18(25)12-28-21(27)15-10-19(26)24(11-15)17-8-6-16(22)7-9-17/h3-9,15H,10-12H2,1-2H3,(H,23,25)/t15-/m0/s1. The Labute approximate surface area is 168 Å². The molecular formula is C21H21ClN2O4. The Morgan fingerprint density at radius 2 is 1.79 bits per heavy atom. The number of hydrogen-bond donors (Lipinski definition) is 1. The monoisotopic (exact) mass is 400 g/mol. The highest BCUT2D eigenvalue weighted by atomic mass is 35.5. The number of esters is 1. The molecule has 0 spiro atoms. The lowest BCUT2D eigenvalue weighted by molar-refractivity contribution is -0.151. The number of para-hydroxylation sites is 1. The summed E-state index contributed by atoms with van der Waals surface area (Å²) in [5, 5.41) is 3.34. The summed E-state index contributed by atoms with van der Waals surface area (Å²) in [5.41, 5.74) is 3.25. The molecule has 7 heteroatoms. The van der Waals surface area contributed by atoms with E-state index < -0.39 is 24.4 Å². The number of nitrogens with zero attached hydrogens (tertiary/aromatic N) is 1. The number of rotatable bonds is 5. The average molecular weight is 401 g/mol. The first-order valence-corrected chi connectivity index (χ1v) is 9.31. The van der Waals surface area contributed by atoms with Gasteiger partial charge in [-0.2, -0.15) is 0 Å². The van der Waals surface area contributed by atoms with E-state index in [4.69, 9.17) is 16.3 Å². The van der Waals surface area contributed by atoms with E-state index >= 15 is 0 Å². The second kappa shape index (κ2) is 8.44. The Balaban J connectivity index is 1.54. The largest absolute Gasteiger partial charge is 0.455 e. The number of halogens is 1. The van der Waals surface area contributed by atoms with Crippen molar-refractivity contribution in [3.8, 4) is 0 Å². The van der Waals surface area contributed by atoms with Gasteiger partial charge in [0.2, 0.25) is 5.91 Å². The van der Waals surface area contributed by atoms with Gasteiger partial charge in [-0.25, -0.2) is 0 Å². The van der Waals surface area contributed by atoms with Crippen LogP contribution in [0.4, 0.5) is 11.4 Å². The minimum Gasteiger partial charge on any atom is -0.455 e. The van der Waals surface area contributed by atoms with Crippen molar-refractivity contribution in [1.29, 1.82) is 0 Å². The van der Waals surface area contributed by atoms with Crippen LogP contribution in [0.3, 0.4) is 0 Å². The van der Waals surface area contributed by atoms with Crippen LogP contribution in [0.2, 0.25) is 5.02 Å². The van der Waals surface area contributed by atoms with E-state index in [2.05, 4.69) is 5.32 Å². The predicted octanol–water partition coefficient (Wildman–Crippen LogP) is 3.49. The summed E-state index contributed by atoms with van der Waals surface area (Å²) in [7, 11) is 0. The Morgan fingerprint density at radius 1 is 1.14 bits per heavy atom. The van der Waals surface area contributed by atoms with E-state index in [9.17, 15) is 14.4 Å². The van der Waals surface area contributed by atoms with Gasteiger partial charge in [-0.15, -0.1) is 0 Å². The third-order valence-electron chi connectivity index (χ3n) is 4.69. The summed E-state index contributed by atoms with van der Waals surface area (Å²) in [5.74, 6) is -1.73. The summed E-state index contributed by atoms with van der Waals surface area (Å²) < 4.78 is 5.14. The molecular weight excluding hydrogens is 380 g/mol. The number of ether oxygens (including phenoxy) is 1. The second-order valence-electron chi connectivity index (χ2n) is 6.80. The van der Waals surface area contributed by atoms with Gasteiger partial charge in [-0.3, -0.25) is 14.4 Å². The van der Waals surface area contributed by atoms with Gasteiger partial charge in [0.15, 0.2) is 6.61 Å². The molecule has 0 aromatic heterocycles. The molecule has 2 amide bonds. The Hall–Kier alpha value is -2.86. The summed E-state index contributed by atoms with van der Waals surface area (Å²) in [6.07, 6.45) is 0.0555. The predicted molar refractivity (Wildman–Crippen MR) is 107 cm³/mol. The minimum absolute atomic E-state index is 0.0555. The molecule has 2 aromatic rings. The molecule has 28 heavy (non-hydrogen) atoms. The molecule has 0 unspecified atom stereocenters. The molecule has 0 radical (unpaired) electrons. The first kappa shape index (κ1) is 19.9. The third kappa shape index (κ3) is 4.51. The molecule has 146 valence electrons. The van der Waals surface area contributed by atoms with Crippen LogP contribution in [-0.4, -0.2) is 30.9 Å². The van der Waals surface area contributed by atoms with Crippen LogP contribution in [-0.2, 0) is 19.1 Å². The molecule has 1 heterocycles. The van der Waals surface area contributed by atoms with E-state index in [1.165, 1.54) is 4.90 Å². The van der Waals surface area contributed by atoms with Crippen LogP contribution in [0.15, 0.2) is 42.5 Å². The first-order valence-electron chi connectivity index (χ1n) is 8.94. The molecule has 1 aliphatic heterocycles. The van der Waals surface area contributed by atoms with Gasteiger partial charge in [0.25, 0.3) is 5.91 Å². The van der Waals surface area contributed by atoms with Crippen molar-refractivity contribution < 1.29 is 19.1 Å². The Bertz CT molecular complexity index is 891. The zero-order valence-corrected chi connectivity index (χ0v) is 16.5. The van der Waals surface area contributed by atoms with Crippen LogP contribution in [0.5, 0.6) is 0 Å². The molecule has 1 fully saturated rings. The highest BCUT2D eigenvalue weighted by Crippen LogP contribution is 2.27. The minimum atomic E-state index is -0.601. The number of hydrogen-bond acceptors (Lipinski definition) is 4. The number of carbonyl (C=O) groups is 3. The van der Waals surface area contributed by atoms with Crippen molar-refractivity contribution in [2.75, 3.05) is 23.4 Å². The van der Waals surface area contributed by atoms with E-state index in [1.54, 1.807) is 24.3 Å². The van der Waals surface area contributed by atoms with Crippen LogP contribution in [0, 0.1) is 19.8 Å². The van der Waals surface area contributed by atoms with Gasteiger partial charge >= 0.3 is 5.97 Å². The molecule has 0 saturated carbocycles. The SMILES string of the molecule is Cc1cccc(C)c1NC(=O)COC(=O)[C@H]1CC(=O)N(c2ccc(Cl)cc2)C1. The maximum atomic E-state index is 12.3. The summed E-state index contributed by atoms with van der Waals surface area (Å²) in [6.45, 7) is 3.62. The molecule has 1 saturated heterocycles. The first-order chi connectivity index (χ1) is 13.3. The van der Waals surface area contributed by atoms with Crippen molar-refractivity contribution in [2.45, 2.75) is 20.3 Å². The molecule has 1 N–H and O–H groups in total. The number of anilines is 2. The van der Waals surface area contributed by atoms with E-state index in [1.807, 2.05) is 32.0 Å². The quantitative estimate of drug-likeness (QED) is 0.779. The highest BCUT2D eigenvalue weighted by molar-refractivity contribution is 6.30. The van der Waals surface area contributed by atoms with Gasteiger partial charge in [0.1, 0.15) is 0 Å². The number of carbonyl (C=O) groups excluding carboxylic acids is 3. The van der Waals surface area contributed by atoms with Crippen LogP contribution in [0.1, 0.15) is 17.5 Å². The summed E-state index contributed by atoms with van der Waals surface area (Å²) in [4.78, 5) is 38.2. The van der Waals surface area contributed by atoms with E-state index in [0.717, 1.165) is 11.1 Å². The summed E-state index contributed by atoms with van der Waals surface area (Å²) in [6, 6.07) is 12.5. The van der Waals surface area contributed by atoms with E-state index in [-0.39, 0.29) is 18.9 Å². The van der Waals surface area contributed by atoms with Crippen LogP contribution in [0.25, 0.3) is 0 Å². The van der Waals surface area contributed by atoms with E-state index in [0.29, 0.717) is 16.4 Å². The highest BCUT2D eigenvalue weighted by Gasteiger charge is 2.36. The Kier molecular flexibility index (Phi) is 5.99. The molecule has 0 aliphatic carbocycles. The van der Waals surface area contributed by atoms with Crippen molar-refractivity contribution in [3.63, 3.8) is 0 Å². The zero-order chi connectivity index (χ0) is 20.3. The third-order valence-corrected chi connectivity index (χ3v) is 4.94. The van der Waals surface area contributed by atoms with Gasteiger partial charge in [-0.1, -0.05) is 29.8 Å². The smallest absolute Gasteiger partial charge is 0.311 e. The molecule has 2 aromatic carbocycles. The maximum absolute atomic E-state index is 12.3. The van der Waals surface area contributed by atoms with Gasteiger partial charge in [0, 0.05) is 29.4 Å². The maximum Gasteiger partial charge on any atom is 0.311 e. The lowest BCUT2D eigenvalue weighted by atomic mass is 10.1. The van der Waals surface area contributed by atoms with Gasteiger partial charge in [-0.05, 0) is 49.2 Å². The van der Waals surface area contributed by atoms with Crippen LogP contribution >= 0.6 is 11.6 Å². The molecule has 3 rings (SSSR count). The fraction of sp³-hybridized carbons (Fsp3) is 0.286. The van der Waals surface area contributed by atoms with Crippen molar-refractivity contribution in [3.05, 3.63) is 58.6 Å². The van der Waals surface area contributed by atoms with Gasteiger partial charge in [0.05, 0.1) is 5.92 Å². The fourth-order valence-corrected chi connectivity index (χ4v) is 3.30. The zero-order valence-electron chi connectivity index (χ0n) is 15.7. The second-order valence-corrected chi connectivity index (χ2v) is 7.24. The number of aryl methyl sites for hydroxylation is 2. The van der Waals surface area contributed by atoms with Crippen molar-refractivity contribution in [1.82, 2.24) is 0 Å². The molecule has 0 bridgehead atoms. The topological polar surface area (TPSA) is 75.7 Å². The lowest BCUT2D eigenvalue weighted by Gasteiger charge is -2.16. The Morgan fingerprint density at radius 3 is 2.43 bits per heavy atom. The number of amides is 2. The number of nitrogens with one attached hydrogen (secondary N) is 1. The molecule has 1 aliphatic rings.